The number of nitrogen functional groups attached to an aromatic ring is 1. The highest BCUT2D eigenvalue weighted by atomic mass is 16.5. The summed E-state index contributed by atoms with van der Waals surface area (Å²) in [6.07, 6.45) is 9.18. The van der Waals surface area contributed by atoms with Crippen molar-refractivity contribution in [3.63, 3.8) is 0 Å². The van der Waals surface area contributed by atoms with Crippen LogP contribution >= 0.6 is 0 Å². The number of hydrazine groups is 1. The van der Waals surface area contributed by atoms with Crippen LogP contribution in [-0.2, 0) is 0 Å². The van der Waals surface area contributed by atoms with Gasteiger partial charge in [0.2, 0.25) is 5.75 Å². The summed E-state index contributed by atoms with van der Waals surface area (Å²) in [6.45, 7) is 2.21. The van der Waals surface area contributed by atoms with Crippen molar-refractivity contribution in [3.05, 3.63) is 6.33 Å². The molecule has 0 bridgehead atoms. The lowest BCUT2D eigenvalue weighted by Gasteiger charge is -2.31. The maximum atomic E-state index is 5.45. The van der Waals surface area contributed by atoms with Crippen molar-refractivity contribution in [2.45, 2.75) is 51.5 Å². The molecule has 6 heteroatoms. The predicted octanol–water partition coefficient (Wildman–Crippen LogP) is 2.54. The first-order chi connectivity index (χ1) is 9.80. The van der Waals surface area contributed by atoms with Crippen LogP contribution in [0, 0.1) is 5.92 Å². The van der Waals surface area contributed by atoms with Crippen molar-refractivity contribution >= 4 is 11.6 Å². The van der Waals surface area contributed by atoms with Gasteiger partial charge in [-0.05, 0) is 25.2 Å². The first kappa shape index (κ1) is 14.8. The molecule has 0 spiro atoms. The average molecular weight is 279 g/mol. The Morgan fingerprint density at radius 2 is 2.00 bits per heavy atom. The number of anilines is 2. The van der Waals surface area contributed by atoms with Gasteiger partial charge in [-0.1, -0.05) is 26.2 Å². The molecule has 1 heterocycles. The summed E-state index contributed by atoms with van der Waals surface area (Å²) in [5.74, 6) is 7.96. The van der Waals surface area contributed by atoms with Crippen LogP contribution in [0.4, 0.5) is 11.6 Å². The lowest BCUT2D eigenvalue weighted by Crippen LogP contribution is -2.30. The monoisotopic (exact) mass is 279 g/mol. The highest BCUT2D eigenvalue weighted by molar-refractivity contribution is 5.63. The molecule has 1 aliphatic carbocycles. The third-order valence-corrected chi connectivity index (χ3v) is 4.13. The van der Waals surface area contributed by atoms with Crippen LogP contribution in [0.2, 0.25) is 0 Å². The van der Waals surface area contributed by atoms with Crippen LogP contribution in [0.3, 0.4) is 0 Å². The van der Waals surface area contributed by atoms with Crippen molar-refractivity contribution in [3.8, 4) is 5.75 Å². The van der Waals surface area contributed by atoms with Crippen LogP contribution in [-0.4, -0.2) is 23.1 Å². The molecular formula is C14H25N5O. The summed E-state index contributed by atoms with van der Waals surface area (Å²) in [7, 11) is 1.60. The van der Waals surface area contributed by atoms with Gasteiger partial charge in [0.05, 0.1) is 7.11 Å². The summed E-state index contributed by atoms with van der Waals surface area (Å²) >= 11 is 0. The molecule has 0 aromatic carbocycles. The average Bonchev–Trinajstić information content (AvgIpc) is 2.52. The molecule has 1 atom stereocenters. The molecule has 0 aliphatic heterocycles. The molecule has 6 nitrogen and oxygen atoms in total. The smallest absolute Gasteiger partial charge is 0.205 e. The van der Waals surface area contributed by atoms with Gasteiger partial charge >= 0.3 is 0 Å². The minimum absolute atomic E-state index is 0.421. The minimum Gasteiger partial charge on any atom is -0.490 e. The normalized spacial score (nSPS) is 17.6. The fraction of sp³-hybridized carbons (Fsp3) is 0.714. The minimum atomic E-state index is 0.421. The van der Waals surface area contributed by atoms with E-state index in [1.165, 1.54) is 38.4 Å². The molecular weight excluding hydrogens is 254 g/mol. The van der Waals surface area contributed by atoms with Gasteiger partial charge in [-0.2, -0.15) is 0 Å². The Morgan fingerprint density at radius 1 is 1.30 bits per heavy atom. The molecule has 1 fully saturated rings. The van der Waals surface area contributed by atoms with E-state index in [9.17, 15) is 0 Å². The molecule has 1 saturated carbocycles. The van der Waals surface area contributed by atoms with E-state index in [0.29, 0.717) is 29.3 Å². The Morgan fingerprint density at radius 3 is 2.60 bits per heavy atom. The van der Waals surface area contributed by atoms with Gasteiger partial charge in [0.1, 0.15) is 6.33 Å². The highest BCUT2D eigenvalue weighted by Crippen LogP contribution is 2.33. The molecule has 1 aliphatic rings. The fourth-order valence-electron chi connectivity index (χ4n) is 3.04. The van der Waals surface area contributed by atoms with Gasteiger partial charge in [0.15, 0.2) is 11.6 Å². The third kappa shape index (κ3) is 3.30. The molecule has 112 valence electrons. The Bertz CT molecular complexity index is 420. The molecule has 0 saturated heterocycles. The van der Waals surface area contributed by atoms with Gasteiger partial charge in [-0.15, -0.1) is 0 Å². The number of hydrogen-bond donors (Lipinski definition) is 3. The first-order valence-electron chi connectivity index (χ1n) is 7.42. The summed E-state index contributed by atoms with van der Waals surface area (Å²) in [5.41, 5.74) is 2.54. The quantitative estimate of drug-likeness (QED) is 0.548. The van der Waals surface area contributed by atoms with Crippen LogP contribution in [0.1, 0.15) is 45.4 Å². The van der Waals surface area contributed by atoms with Gasteiger partial charge in [-0.25, -0.2) is 15.8 Å². The zero-order valence-corrected chi connectivity index (χ0v) is 12.4. The third-order valence-electron chi connectivity index (χ3n) is 4.13. The molecule has 1 aromatic heterocycles. The summed E-state index contributed by atoms with van der Waals surface area (Å²) in [6, 6.07) is 0.421. The number of nitrogens with zero attached hydrogens (tertiary/aromatic N) is 2. The maximum absolute atomic E-state index is 5.45. The lowest BCUT2D eigenvalue weighted by molar-refractivity contribution is 0.311. The molecule has 0 radical (unpaired) electrons. The first-order valence-corrected chi connectivity index (χ1v) is 7.42. The zero-order chi connectivity index (χ0) is 14.4. The van der Waals surface area contributed by atoms with Crippen LogP contribution in [0.5, 0.6) is 5.75 Å². The predicted molar refractivity (Wildman–Crippen MR) is 80.7 cm³/mol. The lowest BCUT2D eigenvalue weighted by atomic mass is 9.83. The molecule has 1 aromatic rings. The van der Waals surface area contributed by atoms with E-state index in [4.69, 9.17) is 10.6 Å². The van der Waals surface area contributed by atoms with E-state index in [2.05, 4.69) is 27.6 Å². The molecule has 20 heavy (non-hydrogen) atoms. The van der Waals surface area contributed by atoms with Crippen LogP contribution < -0.4 is 21.3 Å². The number of methoxy groups -OCH3 is 1. The van der Waals surface area contributed by atoms with Crippen molar-refractivity contribution < 1.29 is 4.74 Å². The van der Waals surface area contributed by atoms with Gasteiger partial charge in [-0.3, -0.25) is 0 Å². The van der Waals surface area contributed by atoms with Gasteiger partial charge < -0.3 is 15.5 Å². The molecule has 1 unspecified atom stereocenters. The molecule has 0 amide bonds. The van der Waals surface area contributed by atoms with E-state index in [1.807, 2.05) is 0 Å². The standard InChI is InChI=1S/C14H25N5O/c1-3-11(10-7-5-4-6-8-10)18-13-12(20-2)14(19-15)17-9-16-13/h9-11H,3-8,15H2,1-2H3,(H2,16,17,18,19). The summed E-state index contributed by atoms with van der Waals surface area (Å²) < 4.78 is 5.37. The number of aromatic nitrogens is 2. The topological polar surface area (TPSA) is 85.1 Å². The van der Waals surface area contributed by atoms with E-state index < -0.39 is 0 Å². The largest absolute Gasteiger partial charge is 0.490 e. The second-order valence-electron chi connectivity index (χ2n) is 5.31. The van der Waals surface area contributed by atoms with Crippen molar-refractivity contribution in [1.82, 2.24) is 9.97 Å². The number of nitrogens with one attached hydrogen (secondary N) is 2. The number of nitrogens with two attached hydrogens (primary N) is 1. The zero-order valence-electron chi connectivity index (χ0n) is 12.4. The van der Waals surface area contributed by atoms with E-state index in [-0.39, 0.29) is 0 Å². The number of rotatable bonds is 6. The Kier molecular flexibility index (Phi) is 5.40. The van der Waals surface area contributed by atoms with Gasteiger partial charge in [0.25, 0.3) is 0 Å². The Hall–Kier alpha value is -1.56. The Labute approximate surface area is 120 Å². The van der Waals surface area contributed by atoms with E-state index >= 15 is 0 Å². The van der Waals surface area contributed by atoms with Crippen molar-refractivity contribution in [2.24, 2.45) is 11.8 Å². The van der Waals surface area contributed by atoms with Crippen LogP contribution in [0.15, 0.2) is 6.33 Å². The SMILES string of the molecule is CCC(Nc1ncnc(NN)c1OC)C1CCCCC1. The summed E-state index contributed by atoms with van der Waals surface area (Å²) in [5, 5.41) is 3.52. The highest BCUT2D eigenvalue weighted by Gasteiger charge is 2.24. The second-order valence-corrected chi connectivity index (χ2v) is 5.31. The van der Waals surface area contributed by atoms with E-state index in [1.54, 1.807) is 7.11 Å². The van der Waals surface area contributed by atoms with Crippen molar-refractivity contribution in [2.75, 3.05) is 17.9 Å². The number of hydrogen-bond acceptors (Lipinski definition) is 6. The maximum Gasteiger partial charge on any atom is 0.205 e. The Balaban J connectivity index is 2.14. The number of ether oxygens (including phenoxy) is 1. The second kappa shape index (κ2) is 7.28. The van der Waals surface area contributed by atoms with Gasteiger partial charge in [0, 0.05) is 6.04 Å². The molecule has 2 rings (SSSR count). The van der Waals surface area contributed by atoms with E-state index in [0.717, 1.165) is 6.42 Å². The molecule has 4 N–H and O–H groups in total. The van der Waals surface area contributed by atoms with Crippen LogP contribution in [0.25, 0.3) is 0 Å². The summed E-state index contributed by atoms with van der Waals surface area (Å²) in [4.78, 5) is 8.36. The fourth-order valence-corrected chi connectivity index (χ4v) is 3.04. The van der Waals surface area contributed by atoms with Crippen molar-refractivity contribution in [1.29, 1.82) is 0 Å².